The van der Waals surface area contributed by atoms with Crippen molar-refractivity contribution in [3.8, 4) is 16.9 Å². The number of benzene rings is 2. The van der Waals surface area contributed by atoms with Gasteiger partial charge in [0.15, 0.2) is 5.75 Å². The maximum absolute atomic E-state index is 11.3. The largest absolute Gasteiger partial charge is 0.408 e. The normalized spacial score (nSPS) is 9.82. The molecule has 0 unspecified atom stereocenters. The monoisotopic (exact) mass is 297 g/mol. The Morgan fingerprint density at radius 3 is 2.45 bits per heavy atom. The van der Waals surface area contributed by atoms with Crippen LogP contribution in [0, 0.1) is 0 Å². The first-order chi connectivity index (χ1) is 10.7. The molecule has 0 aromatic heterocycles. The maximum Gasteiger partial charge on any atom is 0.337 e. The van der Waals surface area contributed by atoms with E-state index in [1.54, 1.807) is 6.07 Å². The second-order valence-corrected chi connectivity index (χ2v) is 4.28. The molecule has 5 nitrogen and oxygen atoms in total. The predicted molar refractivity (Wildman–Crippen MR) is 81.8 cm³/mol. The first kappa shape index (κ1) is 15.5. The summed E-state index contributed by atoms with van der Waals surface area (Å²) in [5.41, 5.74) is 4.35. The number of esters is 2. The summed E-state index contributed by atoms with van der Waals surface area (Å²) in [7, 11) is 0. The molecule has 112 valence electrons. The highest BCUT2D eigenvalue weighted by Gasteiger charge is 2.09. The van der Waals surface area contributed by atoms with E-state index in [2.05, 4.69) is 16.8 Å². The molecule has 0 bridgehead atoms. The van der Waals surface area contributed by atoms with Gasteiger partial charge in [0.05, 0.1) is 0 Å². The van der Waals surface area contributed by atoms with Gasteiger partial charge in [-0.2, -0.15) is 0 Å². The maximum atomic E-state index is 11.3. The molecule has 0 aliphatic heterocycles. The Morgan fingerprint density at radius 2 is 1.73 bits per heavy atom. The van der Waals surface area contributed by atoms with Gasteiger partial charge in [-0.15, -0.1) is 5.48 Å². The zero-order chi connectivity index (χ0) is 15.8. The van der Waals surface area contributed by atoms with Crippen molar-refractivity contribution < 1.29 is 19.2 Å². The molecule has 0 atom stereocenters. The van der Waals surface area contributed by atoms with E-state index in [1.165, 1.54) is 0 Å². The number of nitrogens with one attached hydrogen (secondary N) is 1. The molecule has 2 aromatic carbocycles. The smallest absolute Gasteiger partial charge is 0.337 e. The Kier molecular flexibility index (Phi) is 5.45. The highest BCUT2D eigenvalue weighted by atomic mass is 16.7. The summed E-state index contributed by atoms with van der Waals surface area (Å²) in [4.78, 5) is 27.6. The summed E-state index contributed by atoms with van der Waals surface area (Å²) in [6.45, 7) is 2.95. The quantitative estimate of drug-likeness (QED) is 0.384. The average Bonchev–Trinajstić information content (AvgIpc) is 2.56. The van der Waals surface area contributed by atoms with Crippen LogP contribution in [0.1, 0.15) is 0 Å². The van der Waals surface area contributed by atoms with Crippen LogP contribution >= 0.6 is 0 Å². The molecule has 0 spiro atoms. The Balaban J connectivity index is 1.98. The molecule has 0 aliphatic carbocycles. The van der Waals surface area contributed by atoms with Crippen LogP contribution in [-0.4, -0.2) is 18.5 Å². The minimum Gasteiger partial charge on any atom is -0.408 e. The second-order valence-electron chi connectivity index (χ2n) is 4.28. The zero-order valence-corrected chi connectivity index (χ0v) is 11.8. The lowest BCUT2D eigenvalue weighted by atomic mass is 10.1. The summed E-state index contributed by atoms with van der Waals surface area (Å²) in [6.07, 6.45) is 0.920. The summed E-state index contributed by atoms with van der Waals surface area (Å²) in [5, 5.41) is 0. The number of carbonyl (C=O) groups is 2. The molecule has 0 radical (unpaired) electrons. The molecule has 0 amide bonds. The van der Waals surface area contributed by atoms with Crippen LogP contribution in [0.4, 0.5) is 0 Å². The highest BCUT2D eigenvalue weighted by Crippen LogP contribution is 2.28. The van der Waals surface area contributed by atoms with Crippen molar-refractivity contribution in [1.29, 1.82) is 0 Å². The number of ether oxygens (including phenoxy) is 1. The van der Waals surface area contributed by atoms with Crippen LogP contribution in [0.25, 0.3) is 11.1 Å². The lowest BCUT2D eigenvalue weighted by Crippen LogP contribution is -2.28. The van der Waals surface area contributed by atoms with Gasteiger partial charge in [-0.1, -0.05) is 55.1 Å². The van der Waals surface area contributed by atoms with Crippen molar-refractivity contribution in [2.24, 2.45) is 0 Å². The van der Waals surface area contributed by atoms with Crippen molar-refractivity contribution in [1.82, 2.24) is 5.48 Å². The number of hydrogen-bond donors (Lipinski definition) is 1. The highest BCUT2D eigenvalue weighted by molar-refractivity contribution is 5.92. The molecule has 0 heterocycles. The van der Waals surface area contributed by atoms with Crippen molar-refractivity contribution in [3.05, 3.63) is 67.3 Å². The first-order valence-corrected chi connectivity index (χ1v) is 6.62. The van der Waals surface area contributed by atoms with E-state index >= 15 is 0 Å². The summed E-state index contributed by atoms with van der Waals surface area (Å²) < 4.78 is 4.41. The van der Waals surface area contributed by atoms with Crippen molar-refractivity contribution in [3.63, 3.8) is 0 Å². The molecule has 1 N–H and O–H groups in total. The predicted octanol–water partition coefficient (Wildman–Crippen LogP) is 2.49. The number of hydrogen-bond acceptors (Lipinski definition) is 5. The van der Waals surface area contributed by atoms with E-state index in [0.29, 0.717) is 5.75 Å². The van der Waals surface area contributed by atoms with Crippen LogP contribution in [0.2, 0.25) is 0 Å². The van der Waals surface area contributed by atoms with Crippen LogP contribution in [0.3, 0.4) is 0 Å². The summed E-state index contributed by atoms with van der Waals surface area (Å²) >= 11 is 0. The first-order valence-electron chi connectivity index (χ1n) is 6.62. The minimum atomic E-state index is -0.795. The molecular formula is C17H15NO4. The van der Waals surface area contributed by atoms with Gasteiger partial charge in [0.25, 0.3) is 0 Å². The number of hydroxylamine groups is 1. The van der Waals surface area contributed by atoms with Crippen LogP contribution in [0.15, 0.2) is 67.3 Å². The van der Waals surface area contributed by atoms with Crippen molar-refractivity contribution in [2.75, 3.05) is 6.54 Å². The molecule has 0 aliphatic rings. The Morgan fingerprint density at radius 1 is 1.05 bits per heavy atom. The molecular weight excluding hydrogens is 282 g/mol. The molecule has 22 heavy (non-hydrogen) atoms. The SMILES string of the molecule is C=CC(=O)OC(=O)CNOc1ccccc1-c1ccccc1. The number of rotatable bonds is 6. The van der Waals surface area contributed by atoms with E-state index in [-0.39, 0.29) is 6.54 Å². The third-order valence-electron chi connectivity index (χ3n) is 2.75. The van der Waals surface area contributed by atoms with Gasteiger partial charge in [0, 0.05) is 11.6 Å². The van der Waals surface area contributed by atoms with Gasteiger partial charge in [0.2, 0.25) is 0 Å². The van der Waals surface area contributed by atoms with Crippen LogP contribution < -0.4 is 10.3 Å². The lowest BCUT2D eigenvalue weighted by molar-refractivity contribution is -0.156. The minimum absolute atomic E-state index is 0.261. The fraction of sp³-hybridized carbons (Fsp3) is 0.0588. The molecule has 0 saturated heterocycles. The summed E-state index contributed by atoms with van der Waals surface area (Å²) in [5.74, 6) is -0.977. The van der Waals surface area contributed by atoms with Gasteiger partial charge in [-0.3, -0.25) is 4.79 Å². The van der Waals surface area contributed by atoms with Gasteiger partial charge in [0.1, 0.15) is 6.54 Å². The average molecular weight is 297 g/mol. The standard InChI is InChI=1S/C17H15NO4/c1-2-16(19)21-17(20)12-18-22-15-11-7-6-10-14(15)13-8-4-3-5-9-13/h2-11,18H,1,12H2. The Bertz CT molecular complexity index is 667. The van der Waals surface area contributed by atoms with Crippen LogP contribution in [0.5, 0.6) is 5.75 Å². The number of para-hydroxylation sites is 1. The van der Waals surface area contributed by atoms with E-state index in [0.717, 1.165) is 17.2 Å². The van der Waals surface area contributed by atoms with Gasteiger partial charge < -0.3 is 9.57 Å². The number of carbonyl (C=O) groups excluding carboxylic acids is 2. The molecule has 0 saturated carbocycles. The van der Waals surface area contributed by atoms with E-state index in [9.17, 15) is 9.59 Å². The van der Waals surface area contributed by atoms with Crippen molar-refractivity contribution >= 4 is 11.9 Å². The Labute approximate surface area is 128 Å². The molecule has 0 fully saturated rings. The van der Waals surface area contributed by atoms with E-state index in [4.69, 9.17) is 4.84 Å². The van der Waals surface area contributed by atoms with E-state index < -0.39 is 11.9 Å². The third kappa shape index (κ3) is 4.29. The third-order valence-corrected chi connectivity index (χ3v) is 2.75. The fourth-order valence-corrected chi connectivity index (χ4v) is 1.77. The van der Waals surface area contributed by atoms with Crippen molar-refractivity contribution in [2.45, 2.75) is 0 Å². The molecule has 2 aromatic rings. The lowest BCUT2D eigenvalue weighted by Gasteiger charge is -2.11. The summed E-state index contributed by atoms with van der Waals surface area (Å²) in [6, 6.07) is 17.1. The second kappa shape index (κ2) is 7.75. The zero-order valence-electron chi connectivity index (χ0n) is 11.8. The molecule has 5 heteroatoms. The van der Waals surface area contributed by atoms with Gasteiger partial charge in [-0.05, 0) is 11.6 Å². The van der Waals surface area contributed by atoms with Crippen LogP contribution in [-0.2, 0) is 14.3 Å². The van der Waals surface area contributed by atoms with Gasteiger partial charge >= 0.3 is 11.9 Å². The Hall–Kier alpha value is -2.92. The van der Waals surface area contributed by atoms with E-state index in [1.807, 2.05) is 48.5 Å². The molecule has 2 rings (SSSR count). The topological polar surface area (TPSA) is 64.6 Å². The van der Waals surface area contributed by atoms with Gasteiger partial charge in [-0.25, -0.2) is 4.79 Å². The fourth-order valence-electron chi connectivity index (χ4n) is 1.77.